The van der Waals surface area contributed by atoms with Crippen LogP contribution in [0.15, 0.2) is 36.4 Å². The first kappa shape index (κ1) is 21.5. The van der Waals surface area contributed by atoms with Crippen LogP contribution in [0.3, 0.4) is 0 Å². The Morgan fingerprint density at radius 3 is 2.58 bits per heavy atom. The molecule has 7 nitrogen and oxygen atoms in total. The zero-order valence-electron chi connectivity index (χ0n) is 17.7. The lowest BCUT2D eigenvalue weighted by Crippen LogP contribution is -2.46. The lowest BCUT2D eigenvalue weighted by molar-refractivity contribution is -0.122. The third kappa shape index (κ3) is 4.78. The summed E-state index contributed by atoms with van der Waals surface area (Å²) in [5, 5.41) is 3.38. The van der Waals surface area contributed by atoms with Crippen LogP contribution in [0.1, 0.15) is 29.8 Å². The van der Waals surface area contributed by atoms with Crippen LogP contribution in [0.5, 0.6) is 5.75 Å². The fourth-order valence-corrected chi connectivity index (χ4v) is 4.15. The standard InChI is InChI=1S/C23H26ClN3O4/c1-3-30-23(29)17-4-6-18(7-5-17)27-10-8-26(9-11-27)14-16-12-19(24)21-20(13-16)25-22(28)15(2)31-21/h4-7,12-13,15H,3,8-11,14H2,1-2H3,(H,25,28). The molecule has 1 amide bonds. The van der Waals surface area contributed by atoms with Gasteiger partial charge in [-0.3, -0.25) is 9.69 Å². The van der Waals surface area contributed by atoms with Crippen LogP contribution in [0, 0.1) is 0 Å². The minimum atomic E-state index is -0.546. The van der Waals surface area contributed by atoms with E-state index in [1.54, 1.807) is 13.8 Å². The molecular formula is C23H26ClN3O4. The van der Waals surface area contributed by atoms with Gasteiger partial charge in [0.15, 0.2) is 11.9 Å². The van der Waals surface area contributed by atoms with Gasteiger partial charge in [-0.25, -0.2) is 4.79 Å². The molecule has 0 saturated carbocycles. The van der Waals surface area contributed by atoms with E-state index in [0.29, 0.717) is 28.6 Å². The van der Waals surface area contributed by atoms with Crippen LogP contribution in [0.4, 0.5) is 11.4 Å². The Morgan fingerprint density at radius 2 is 1.90 bits per heavy atom. The van der Waals surface area contributed by atoms with Crippen LogP contribution < -0.4 is 15.0 Å². The molecule has 4 rings (SSSR count). The highest BCUT2D eigenvalue weighted by Gasteiger charge is 2.26. The minimum Gasteiger partial charge on any atom is -0.477 e. The third-order valence-electron chi connectivity index (χ3n) is 5.55. The molecule has 31 heavy (non-hydrogen) atoms. The van der Waals surface area contributed by atoms with Crippen molar-refractivity contribution in [2.24, 2.45) is 0 Å². The molecule has 8 heteroatoms. The molecule has 1 unspecified atom stereocenters. The fraction of sp³-hybridized carbons (Fsp3) is 0.391. The Morgan fingerprint density at radius 1 is 1.19 bits per heavy atom. The summed E-state index contributed by atoms with van der Waals surface area (Å²) >= 11 is 6.40. The molecule has 164 valence electrons. The monoisotopic (exact) mass is 443 g/mol. The van der Waals surface area contributed by atoms with Gasteiger partial charge in [-0.2, -0.15) is 0 Å². The van der Waals surface area contributed by atoms with Crippen molar-refractivity contribution in [1.82, 2.24) is 4.90 Å². The van der Waals surface area contributed by atoms with E-state index in [-0.39, 0.29) is 11.9 Å². The molecule has 0 bridgehead atoms. The van der Waals surface area contributed by atoms with E-state index in [9.17, 15) is 9.59 Å². The first-order valence-electron chi connectivity index (χ1n) is 10.5. The van der Waals surface area contributed by atoms with E-state index in [0.717, 1.165) is 44.0 Å². The summed E-state index contributed by atoms with van der Waals surface area (Å²) in [5.74, 6) is 0.0792. The maximum absolute atomic E-state index is 11.9. The number of carbonyl (C=O) groups is 2. The maximum atomic E-state index is 11.9. The van der Waals surface area contributed by atoms with Gasteiger partial charge in [0, 0.05) is 38.4 Å². The van der Waals surface area contributed by atoms with Crippen LogP contribution in [-0.2, 0) is 16.1 Å². The second-order valence-electron chi connectivity index (χ2n) is 7.73. The van der Waals surface area contributed by atoms with Crippen molar-refractivity contribution in [1.29, 1.82) is 0 Å². The highest BCUT2D eigenvalue weighted by molar-refractivity contribution is 6.33. The van der Waals surface area contributed by atoms with E-state index in [4.69, 9.17) is 21.1 Å². The average molecular weight is 444 g/mol. The lowest BCUT2D eigenvalue weighted by Gasteiger charge is -2.36. The highest BCUT2D eigenvalue weighted by Crippen LogP contribution is 2.38. The number of hydrogen-bond donors (Lipinski definition) is 1. The number of piperazine rings is 1. The van der Waals surface area contributed by atoms with E-state index < -0.39 is 6.10 Å². The molecule has 0 aromatic heterocycles. The van der Waals surface area contributed by atoms with Crippen molar-refractivity contribution in [3.05, 3.63) is 52.5 Å². The van der Waals surface area contributed by atoms with Crippen LogP contribution >= 0.6 is 11.6 Å². The molecule has 0 radical (unpaired) electrons. The Balaban J connectivity index is 1.35. The normalized spacial score (nSPS) is 18.7. The van der Waals surface area contributed by atoms with Gasteiger partial charge < -0.3 is 19.7 Å². The Hall–Kier alpha value is -2.77. The van der Waals surface area contributed by atoms with Gasteiger partial charge in [0.05, 0.1) is 22.9 Å². The zero-order valence-corrected chi connectivity index (χ0v) is 18.4. The van der Waals surface area contributed by atoms with Gasteiger partial charge in [0.2, 0.25) is 0 Å². The Kier molecular flexibility index (Phi) is 6.34. The topological polar surface area (TPSA) is 71.1 Å². The number of amides is 1. The largest absolute Gasteiger partial charge is 0.477 e. The third-order valence-corrected chi connectivity index (χ3v) is 5.83. The Bertz CT molecular complexity index is 972. The van der Waals surface area contributed by atoms with E-state index in [1.807, 2.05) is 36.4 Å². The summed E-state index contributed by atoms with van der Waals surface area (Å²) in [4.78, 5) is 28.4. The number of anilines is 2. The summed E-state index contributed by atoms with van der Waals surface area (Å²) in [5.41, 5.74) is 3.33. The first-order valence-corrected chi connectivity index (χ1v) is 10.9. The number of esters is 1. The molecule has 0 aliphatic carbocycles. The van der Waals surface area contributed by atoms with Gasteiger partial charge in [0.1, 0.15) is 0 Å². The molecule has 1 saturated heterocycles. The number of fused-ring (bicyclic) bond motifs is 1. The number of hydrogen-bond acceptors (Lipinski definition) is 6. The summed E-state index contributed by atoms with van der Waals surface area (Å²) in [6.07, 6.45) is -0.546. The second kappa shape index (κ2) is 9.16. The summed E-state index contributed by atoms with van der Waals surface area (Å²) in [6, 6.07) is 11.4. The number of nitrogens with zero attached hydrogens (tertiary/aromatic N) is 2. The molecule has 2 heterocycles. The predicted octanol–water partition coefficient (Wildman–Crippen LogP) is 3.56. The number of nitrogens with one attached hydrogen (secondary N) is 1. The van der Waals surface area contributed by atoms with Crippen molar-refractivity contribution in [2.75, 3.05) is 43.0 Å². The van der Waals surface area contributed by atoms with E-state index in [1.165, 1.54) is 0 Å². The summed E-state index contributed by atoms with van der Waals surface area (Å²) in [7, 11) is 0. The number of carbonyl (C=O) groups excluding carboxylic acids is 2. The van der Waals surface area contributed by atoms with Crippen molar-refractivity contribution in [2.45, 2.75) is 26.5 Å². The zero-order chi connectivity index (χ0) is 22.0. The van der Waals surface area contributed by atoms with Gasteiger partial charge in [0.25, 0.3) is 5.91 Å². The number of halogens is 1. The SMILES string of the molecule is CCOC(=O)c1ccc(N2CCN(Cc3cc(Cl)c4c(c3)NC(=O)C(C)O4)CC2)cc1. The van der Waals surface area contributed by atoms with Gasteiger partial charge in [-0.1, -0.05) is 11.6 Å². The predicted molar refractivity (Wildman–Crippen MR) is 120 cm³/mol. The first-order chi connectivity index (χ1) is 14.9. The molecule has 0 spiro atoms. The van der Waals surface area contributed by atoms with Gasteiger partial charge in [-0.05, 0) is 55.8 Å². The number of rotatable bonds is 5. The van der Waals surface area contributed by atoms with Crippen molar-refractivity contribution < 1.29 is 19.1 Å². The summed E-state index contributed by atoms with van der Waals surface area (Å²) < 4.78 is 10.7. The molecule has 1 atom stereocenters. The lowest BCUT2D eigenvalue weighted by atomic mass is 10.1. The average Bonchev–Trinajstić information content (AvgIpc) is 2.76. The van der Waals surface area contributed by atoms with Crippen LogP contribution in [0.25, 0.3) is 0 Å². The van der Waals surface area contributed by atoms with Crippen LogP contribution in [-0.4, -0.2) is 55.7 Å². The van der Waals surface area contributed by atoms with Crippen molar-refractivity contribution in [3.63, 3.8) is 0 Å². The maximum Gasteiger partial charge on any atom is 0.338 e. The molecular weight excluding hydrogens is 418 g/mol. The molecule has 2 aromatic carbocycles. The molecule has 2 aliphatic rings. The summed E-state index contributed by atoms with van der Waals surface area (Å²) in [6.45, 7) is 8.18. The van der Waals surface area contributed by atoms with Crippen molar-refractivity contribution in [3.8, 4) is 5.75 Å². The Labute approximate surface area is 186 Å². The van der Waals surface area contributed by atoms with Crippen LogP contribution in [0.2, 0.25) is 5.02 Å². The second-order valence-corrected chi connectivity index (χ2v) is 8.14. The fourth-order valence-electron chi connectivity index (χ4n) is 3.86. The number of benzene rings is 2. The highest BCUT2D eigenvalue weighted by atomic mass is 35.5. The minimum absolute atomic E-state index is 0.164. The van der Waals surface area contributed by atoms with Crippen molar-refractivity contribution >= 4 is 34.9 Å². The quantitative estimate of drug-likeness (QED) is 0.712. The molecule has 2 aromatic rings. The van der Waals surface area contributed by atoms with Gasteiger partial charge >= 0.3 is 5.97 Å². The molecule has 1 fully saturated rings. The molecule has 1 N–H and O–H groups in total. The van der Waals surface area contributed by atoms with Gasteiger partial charge in [-0.15, -0.1) is 0 Å². The van der Waals surface area contributed by atoms with E-state index in [2.05, 4.69) is 15.1 Å². The molecule has 2 aliphatic heterocycles. The van der Waals surface area contributed by atoms with E-state index >= 15 is 0 Å². The smallest absolute Gasteiger partial charge is 0.338 e. The number of ether oxygens (including phenoxy) is 2.